The maximum atomic E-state index is 14.7. The molecule has 5 nitrogen and oxygen atoms in total. The fourth-order valence-electron chi connectivity index (χ4n) is 4.47. The van der Waals surface area contributed by atoms with Crippen LogP contribution in [0.3, 0.4) is 0 Å². The van der Waals surface area contributed by atoms with E-state index in [-0.39, 0.29) is 23.6 Å². The van der Waals surface area contributed by atoms with Gasteiger partial charge in [0.2, 0.25) is 0 Å². The van der Waals surface area contributed by atoms with E-state index in [9.17, 15) is 9.18 Å². The Morgan fingerprint density at radius 1 is 1.07 bits per heavy atom. The zero-order chi connectivity index (χ0) is 20.4. The zero-order valence-corrected chi connectivity index (χ0v) is 17.5. The van der Waals surface area contributed by atoms with Crippen molar-refractivity contribution in [2.75, 3.05) is 26.2 Å². The summed E-state index contributed by atoms with van der Waals surface area (Å²) < 4.78 is 20.7. The molecule has 3 heterocycles. The number of aromatic amines is 1. The number of piperidine rings is 1. The second kappa shape index (κ2) is 8.74. The summed E-state index contributed by atoms with van der Waals surface area (Å²) in [5.74, 6) is -0.0836. The highest BCUT2D eigenvalue weighted by atomic mass is 19.1. The summed E-state index contributed by atoms with van der Waals surface area (Å²) in [6.07, 6.45) is 6.29. The van der Waals surface area contributed by atoms with Crippen LogP contribution >= 0.6 is 0 Å². The minimum atomic E-state index is -0.364. The fraction of sp³-hybridized carbons (Fsp3) is 0.609. The number of amides is 1. The lowest BCUT2D eigenvalue weighted by Crippen LogP contribution is -2.41. The summed E-state index contributed by atoms with van der Waals surface area (Å²) in [5.41, 5.74) is 1.28. The maximum absolute atomic E-state index is 14.7. The molecule has 1 N–H and O–H groups in total. The predicted octanol–water partition coefficient (Wildman–Crippen LogP) is 4.57. The van der Waals surface area contributed by atoms with Crippen LogP contribution in [0.1, 0.15) is 62.9 Å². The Bertz CT molecular complexity index is 847. The molecule has 4 rings (SSSR count). The fourth-order valence-corrected chi connectivity index (χ4v) is 4.47. The number of nitrogens with one attached hydrogen (secondary N) is 1. The molecular formula is C23H32FN3O2. The minimum absolute atomic E-state index is 0.00651. The second-order valence-electron chi connectivity index (χ2n) is 8.71. The van der Waals surface area contributed by atoms with Crippen molar-refractivity contribution in [1.82, 2.24) is 14.8 Å². The Morgan fingerprint density at radius 2 is 1.76 bits per heavy atom. The van der Waals surface area contributed by atoms with E-state index < -0.39 is 0 Å². The molecule has 158 valence electrons. The summed E-state index contributed by atoms with van der Waals surface area (Å²) in [7, 11) is 0. The van der Waals surface area contributed by atoms with Gasteiger partial charge in [0.1, 0.15) is 11.8 Å². The Kier molecular flexibility index (Phi) is 6.09. The highest BCUT2D eigenvalue weighted by molar-refractivity contribution is 5.98. The molecule has 2 aromatic rings. The van der Waals surface area contributed by atoms with Gasteiger partial charge < -0.3 is 19.5 Å². The number of hydrogen-bond acceptors (Lipinski definition) is 3. The third-order valence-corrected chi connectivity index (χ3v) is 6.30. The number of likely N-dealkylation sites (tertiary alicyclic amines) is 2. The SMILES string of the molecule is CC(C)N1CCC(Oc2cc3[nH]c(C(=O)N4CCCCCC4)cc3cc2F)CC1. The van der Waals surface area contributed by atoms with E-state index in [1.54, 1.807) is 12.1 Å². The largest absolute Gasteiger partial charge is 0.487 e. The van der Waals surface area contributed by atoms with Crippen molar-refractivity contribution in [3.8, 4) is 5.75 Å². The number of fused-ring (bicyclic) bond motifs is 1. The van der Waals surface area contributed by atoms with Gasteiger partial charge in [0.25, 0.3) is 5.91 Å². The predicted molar refractivity (Wildman–Crippen MR) is 113 cm³/mol. The third kappa shape index (κ3) is 4.58. The van der Waals surface area contributed by atoms with Crippen LogP contribution in [-0.2, 0) is 0 Å². The van der Waals surface area contributed by atoms with Gasteiger partial charge in [0.05, 0.1) is 0 Å². The molecule has 0 spiro atoms. The number of carbonyl (C=O) groups is 1. The Morgan fingerprint density at radius 3 is 2.41 bits per heavy atom. The Balaban J connectivity index is 1.47. The number of carbonyl (C=O) groups excluding carboxylic acids is 1. The van der Waals surface area contributed by atoms with Crippen LogP contribution in [-0.4, -0.2) is 59.0 Å². The molecule has 29 heavy (non-hydrogen) atoms. The highest BCUT2D eigenvalue weighted by Gasteiger charge is 2.24. The molecule has 0 atom stereocenters. The van der Waals surface area contributed by atoms with Gasteiger partial charge in [-0.15, -0.1) is 0 Å². The van der Waals surface area contributed by atoms with Gasteiger partial charge in [-0.25, -0.2) is 4.39 Å². The van der Waals surface area contributed by atoms with Crippen molar-refractivity contribution < 1.29 is 13.9 Å². The number of rotatable bonds is 4. The molecule has 1 aromatic carbocycles. The summed E-state index contributed by atoms with van der Waals surface area (Å²) in [4.78, 5) is 20.4. The number of ether oxygens (including phenoxy) is 1. The second-order valence-corrected chi connectivity index (χ2v) is 8.71. The zero-order valence-electron chi connectivity index (χ0n) is 17.5. The van der Waals surface area contributed by atoms with Crippen LogP contribution in [0.2, 0.25) is 0 Å². The highest BCUT2D eigenvalue weighted by Crippen LogP contribution is 2.28. The van der Waals surface area contributed by atoms with Gasteiger partial charge in [-0.1, -0.05) is 12.8 Å². The van der Waals surface area contributed by atoms with Crippen LogP contribution in [0.25, 0.3) is 10.9 Å². The van der Waals surface area contributed by atoms with Crippen molar-refractivity contribution in [2.45, 2.75) is 64.5 Å². The molecule has 2 fully saturated rings. The van der Waals surface area contributed by atoms with E-state index in [1.807, 2.05) is 4.90 Å². The summed E-state index contributed by atoms with van der Waals surface area (Å²) in [6, 6.07) is 5.47. The van der Waals surface area contributed by atoms with E-state index in [0.29, 0.717) is 17.1 Å². The van der Waals surface area contributed by atoms with Crippen LogP contribution in [0.4, 0.5) is 4.39 Å². The van der Waals surface area contributed by atoms with E-state index in [4.69, 9.17) is 4.74 Å². The van der Waals surface area contributed by atoms with E-state index >= 15 is 0 Å². The lowest BCUT2D eigenvalue weighted by molar-refractivity contribution is 0.0756. The van der Waals surface area contributed by atoms with E-state index in [2.05, 4.69) is 23.7 Å². The number of hydrogen-bond donors (Lipinski definition) is 1. The molecule has 6 heteroatoms. The molecule has 1 aromatic heterocycles. The topological polar surface area (TPSA) is 48.6 Å². The van der Waals surface area contributed by atoms with Gasteiger partial charge in [-0.05, 0) is 51.7 Å². The quantitative estimate of drug-likeness (QED) is 0.816. The number of benzene rings is 1. The number of halogens is 1. The van der Waals surface area contributed by atoms with Gasteiger partial charge in [-0.3, -0.25) is 4.79 Å². The van der Waals surface area contributed by atoms with Gasteiger partial charge >= 0.3 is 0 Å². The molecule has 0 radical (unpaired) electrons. The molecule has 0 bridgehead atoms. The Hall–Kier alpha value is -2.08. The van der Waals surface area contributed by atoms with Gasteiger partial charge in [0, 0.05) is 49.2 Å². The smallest absolute Gasteiger partial charge is 0.270 e. The van der Waals surface area contributed by atoms with Crippen molar-refractivity contribution in [3.63, 3.8) is 0 Å². The lowest BCUT2D eigenvalue weighted by atomic mass is 10.1. The monoisotopic (exact) mass is 401 g/mol. The van der Waals surface area contributed by atoms with Crippen molar-refractivity contribution in [1.29, 1.82) is 0 Å². The molecule has 1 amide bonds. The van der Waals surface area contributed by atoms with Crippen LogP contribution < -0.4 is 4.74 Å². The first-order valence-electron chi connectivity index (χ1n) is 11.0. The first-order valence-corrected chi connectivity index (χ1v) is 11.0. The van der Waals surface area contributed by atoms with Crippen molar-refractivity contribution in [2.24, 2.45) is 0 Å². The van der Waals surface area contributed by atoms with Crippen LogP contribution in [0.15, 0.2) is 18.2 Å². The Labute approximate surface area is 172 Å². The normalized spacial score (nSPS) is 19.7. The van der Waals surface area contributed by atoms with E-state index in [1.165, 1.54) is 18.9 Å². The summed E-state index contributed by atoms with van der Waals surface area (Å²) >= 11 is 0. The third-order valence-electron chi connectivity index (χ3n) is 6.30. The molecule has 2 saturated heterocycles. The lowest BCUT2D eigenvalue weighted by Gasteiger charge is -2.34. The summed E-state index contributed by atoms with van der Waals surface area (Å²) in [6.45, 7) is 7.94. The first kappa shape index (κ1) is 20.2. The van der Waals surface area contributed by atoms with Crippen molar-refractivity contribution >= 4 is 16.8 Å². The van der Waals surface area contributed by atoms with Gasteiger partial charge in [-0.2, -0.15) is 0 Å². The van der Waals surface area contributed by atoms with Crippen molar-refractivity contribution in [3.05, 3.63) is 29.7 Å². The molecular weight excluding hydrogens is 369 g/mol. The molecule has 2 aliphatic rings. The van der Waals surface area contributed by atoms with Crippen LogP contribution in [0.5, 0.6) is 5.75 Å². The molecule has 0 unspecified atom stereocenters. The number of aromatic nitrogens is 1. The van der Waals surface area contributed by atoms with Gasteiger partial charge in [0.15, 0.2) is 11.6 Å². The van der Waals surface area contributed by atoms with Crippen LogP contribution in [0, 0.1) is 5.82 Å². The van der Waals surface area contributed by atoms with E-state index in [0.717, 1.165) is 57.4 Å². The molecule has 0 saturated carbocycles. The number of H-pyrrole nitrogens is 1. The average molecular weight is 402 g/mol. The molecule has 0 aliphatic carbocycles. The average Bonchev–Trinajstić information content (AvgIpc) is 2.93. The first-order chi connectivity index (χ1) is 14.0. The minimum Gasteiger partial charge on any atom is -0.487 e. The number of nitrogens with zero attached hydrogens (tertiary/aromatic N) is 2. The maximum Gasteiger partial charge on any atom is 0.270 e. The summed E-state index contributed by atoms with van der Waals surface area (Å²) in [5, 5.41) is 0.711. The standard InChI is InChI=1S/C23H32FN3O2/c1-16(2)26-11-7-18(8-12-26)29-22-15-20-17(13-19(22)24)14-21(25-20)23(28)27-9-5-3-4-6-10-27/h13-16,18,25H,3-12H2,1-2H3. The molecule has 2 aliphatic heterocycles.